The predicted octanol–water partition coefficient (Wildman–Crippen LogP) is 6.46. The molecular weight excluding hydrogens is 480 g/mol. The second-order valence-electron chi connectivity index (χ2n) is 9.29. The minimum Gasteiger partial charge on any atom is -0.489 e. The molecule has 0 aliphatic carbocycles. The van der Waals surface area contributed by atoms with Gasteiger partial charge in [0.05, 0.1) is 6.20 Å². The number of carbonyl (C=O) groups is 2. The molecule has 2 amide bonds. The highest BCUT2D eigenvalue weighted by atomic mass is 16.5. The maximum atomic E-state index is 12.6. The second kappa shape index (κ2) is 16.0. The average Bonchev–Trinajstić information content (AvgIpc) is 2.91. The number of ether oxygens (including phenoxy) is 2. The van der Waals surface area contributed by atoms with Crippen LogP contribution in [0, 0.1) is 6.92 Å². The van der Waals surface area contributed by atoms with Crippen molar-refractivity contribution in [2.45, 2.75) is 71.8 Å². The van der Waals surface area contributed by atoms with Gasteiger partial charge in [0, 0.05) is 24.8 Å². The number of hydrogen-bond acceptors (Lipinski definition) is 6. The summed E-state index contributed by atoms with van der Waals surface area (Å²) in [6, 6.07) is 14.8. The maximum Gasteiger partial charge on any atom is 0.263 e. The van der Waals surface area contributed by atoms with Crippen molar-refractivity contribution in [3.8, 4) is 11.5 Å². The van der Waals surface area contributed by atoms with Gasteiger partial charge in [-0.05, 0) is 31.0 Å². The lowest BCUT2D eigenvalue weighted by atomic mass is 10.1. The number of benzene rings is 1. The quantitative estimate of drug-likeness (QED) is 0.211. The first kappa shape index (κ1) is 28.6. The van der Waals surface area contributed by atoms with E-state index in [2.05, 4.69) is 27.5 Å². The molecule has 202 valence electrons. The number of pyridine rings is 2. The third-order valence-corrected chi connectivity index (χ3v) is 5.87. The number of aromatic nitrogens is 2. The van der Waals surface area contributed by atoms with Crippen molar-refractivity contribution in [3.63, 3.8) is 0 Å². The van der Waals surface area contributed by atoms with Crippen molar-refractivity contribution >= 4 is 23.5 Å². The smallest absolute Gasteiger partial charge is 0.263 e. The van der Waals surface area contributed by atoms with Gasteiger partial charge in [0.1, 0.15) is 29.7 Å². The molecule has 0 atom stereocenters. The molecule has 0 unspecified atom stereocenters. The third kappa shape index (κ3) is 11.0. The van der Waals surface area contributed by atoms with Crippen molar-refractivity contribution in [1.82, 2.24) is 9.97 Å². The number of unbranched alkanes of at least 4 members (excludes halogenated alkanes) is 6. The second-order valence-corrected chi connectivity index (χ2v) is 9.29. The summed E-state index contributed by atoms with van der Waals surface area (Å²) < 4.78 is 11.4. The Morgan fingerprint density at radius 2 is 1.50 bits per heavy atom. The van der Waals surface area contributed by atoms with Crippen molar-refractivity contribution in [2.24, 2.45) is 0 Å². The highest BCUT2D eigenvalue weighted by Gasteiger charge is 2.11. The molecule has 0 radical (unpaired) electrons. The summed E-state index contributed by atoms with van der Waals surface area (Å²) in [5.74, 6) is 1.05. The van der Waals surface area contributed by atoms with Crippen molar-refractivity contribution < 1.29 is 19.1 Å². The van der Waals surface area contributed by atoms with E-state index in [4.69, 9.17) is 9.47 Å². The topological polar surface area (TPSA) is 102 Å². The van der Waals surface area contributed by atoms with Crippen LogP contribution < -0.4 is 20.1 Å². The van der Waals surface area contributed by atoms with Gasteiger partial charge in [-0.3, -0.25) is 14.6 Å². The molecule has 38 heavy (non-hydrogen) atoms. The number of carbonyl (C=O) groups excluding carboxylic acids is 2. The summed E-state index contributed by atoms with van der Waals surface area (Å²) in [6.07, 6.45) is 11.5. The Bertz CT molecular complexity index is 1140. The van der Waals surface area contributed by atoms with E-state index in [1.165, 1.54) is 37.4 Å². The number of rotatable bonds is 16. The zero-order valence-electron chi connectivity index (χ0n) is 22.4. The SMILES string of the molecule is CCCCCCCCCC(=O)Nc1cc(OCc2ccc(C)cc2)cc(NC(=O)COc2cccnc2)n1. The molecular formula is C30H38N4O4. The van der Waals surface area contributed by atoms with Gasteiger partial charge in [-0.1, -0.05) is 75.3 Å². The van der Waals surface area contributed by atoms with Crippen molar-refractivity contribution in [1.29, 1.82) is 0 Å². The van der Waals surface area contributed by atoms with Gasteiger partial charge >= 0.3 is 0 Å². The Morgan fingerprint density at radius 3 is 2.18 bits per heavy atom. The fourth-order valence-electron chi connectivity index (χ4n) is 3.78. The van der Waals surface area contributed by atoms with E-state index in [0.717, 1.165) is 24.8 Å². The summed E-state index contributed by atoms with van der Waals surface area (Å²) in [4.78, 5) is 33.4. The molecule has 8 heteroatoms. The lowest BCUT2D eigenvalue weighted by molar-refractivity contribution is -0.118. The van der Waals surface area contributed by atoms with Crippen LogP contribution in [-0.2, 0) is 16.2 Å². The Morgan fingerprint density at radius 1 is 0.816 bits per heavy atom. The minimum absolute atomic E-state index is 0.112. The lowest BCUT2D eigenvalue weighted by Crippen LogP contribution is -2.21. The third-order valence-electron chi connectivity index (χ3n) is 5.87. The molecule has 0 fully saturated rings. The van der Waals surface area contributed by atoms with E-state index < -0.39 is 5.91 Å². The van der Waals surface area contributed by atoms with Crippen LogP contribution in [0.4, 0.5) is 11.6 Å². The fraction of sp³-hybridized carbons (Fsp3) is 0.400. The molecule has 3 rings (SSSR count). The lowest BCUT2D eigenvalue weighted by Gasteiger charge is -2.13. The average molecular weight is 519 g/mol. The Kier molecular flexibility index (Phi) is 12.1. The zero-order chi connectivity index (χ0) is 27.0. The van der Waals surface area contributed by atoms with Crippen LogP contribution in [0.1, 0.15) is 69.4 Å². The van der Waals surface area contributed by atoms with E-state index >= 15 is 0 Å². The van der Waals surface area contributed by atoms with Crippen molar-refractivity contribution in [2.75, 3.05) is 17.2 Å². The van der Waals surface area contributed by atoms with Gasteiger partial charge in [-0.25, -0.2) is 4.98 Å². The molecule has 0 spiro atoms. The molecule has 2 aromatic heterocycles. The molecule has 1 aromatic carbocycles. The minimum atomic E-state index is -0.391. The van der Waals surface area contributed by atoms with Crippen LogP contribution in [0.3, 0.4) is 0 Å². The highest BCUT2D eigenvalue weighted by Crippen LogP contribution is 2.23. The van der Waals surface area contributed by atoms with Crippen LogP contribution in [0.2, 0.25) is 0 Å². The Hall–Kier alpha value is -3.94. The van der Waals surface area contributed by atoms with Gasteiger partial charge < -0.3 is 20.1 Å². The molecule has 0 bridgehead atoms. The van der Waals surface area contributed by atoms with Gasteiger partial charge in [0.2, 0.25) is 5.91 Å². The number of amides is 2. The summed E-state index contributed by atoms with van der Waals surface area (Å²) in [7, 11) is 0. The molecule has 2 heterocycles. The van der Waals surface area contributed by atoms with Crippen LogP contribution >= 0.6 is 0 Å². The zero-order valence-corrected chi connectivity index (χ0v) is 22.4. The van der Waals surface area contributed by atoms with Crippen LogP contribution in [0.25, 0.3) is 0 Å². The fourth-order valence-corrected chi connectivity index (χ4v) is 3.78. The molecule has 2 N–H and O–H groups in total. The number of aryl methyl sites for hydroxylation is 1. The normalized spacial score (nSPS) is 10.6. The summed E-state index contributed by atoms with van der Waals surface area (Å²) in [6.45, 7) is 4.37. The van der Waals surface area contributed by atoms with Crippen LogP contribution in [-0.4, -0.2) is 28.4 Å². The van der Waals surface area contributed by atoms with Gasteiger partial charge in [-0.2, -0.15) is 0 Å². The highest BCUT2D eigenvalue weighted by molar-refractivity contribution is 5.93. The number of hydrogen-bond donors (Lipinski definition) is 2. The molecule has 0 aliphatic heterocycles. The molecule has 3 aromatic rings. The Labute approximate surface area is 225 Å². The van der Waals surface area contributed by atoms with Gasteiger partial charge in [0.25, 0.3) is 5.91 Å². The van der Waals surface area contributed by atoms with Crippen molar-refractivity contribution in [3.05, 3.63) is 72.1 Å². The molecule has 0 saturated carbocycles. The monoisotopic (exact) mass is 518 g/mol. The molecule has 0 saturated heterocycles. The first-order valence-electron chi connectivity index (χ1n) is 13.3. The van der Waals surface area contributed by atoms with E-state index in [9.17, 15) is 9.59 Å². The van der Waals surface area contributed by atoms with Crippen LogP contribution in [0.5, 0.6) is 11.5 Å². The van der Waals surface area contributed by atoms with E-state index in [-0.39, 0.29) is 18.3 Å². The largest absolute Gasteiger partial charge is 0.489 e. The summed E-state index contributed by atoms with van der Waals surface area (Å²) >= 11 is 0. The molecule has 0 aliphatic rings. The van der Waals surface area contributed by atoms with Crippen LogP contribution in [0.15, 0.2) is 60.9 Å². The molecule has 8 nitrogen and oxygen atoms in total. The summed E-state index contributed by atoms with van der Waals surface area (Å²) in [5.41, 5.74) is 2.18. The summed E-state index contributed by atoms with van der Waals surface area (Å²) in [5, 5.41) is 5.57. The number of anilines is 2. The number of nitrogens with one attached hydrogen (secondary N) is 2. The van der Waals surface area contributed by atoms with E-state index in [1.807, 2.05) is 31.2 Å². The maximum absolute atomic E-state index is 12.6. The Balaban J connectivity index is 1.59. The first-order chi connectivity index (χ1) is 18.5. The van der Waals surface area contributed by atoms with E-state index in [1.54, 1.807) is 30.5 Å². The number of nitrogens with zero attached hydrogens (tertiary/aromatic N) is 2. The standard InChI is InChI=1S/C30H38N4O4/c1-3-4-5-6-7-8-9-12-29(35)33-27-18-26(37-21-24-15-13-23(2)14-16-24)19-28(32-27)34-30(36)22-38-25-11-10-17-31-20-25/h10-11,13-20H,3-9,12,21-22H2,1-2H3,(H2,32,33,34,35,36). The van der Waals surface area contributed by atoms with E-state index in [0.29, 0.717) is 30.3 Å². The predicted molar refractivity (Wildman–Crippen MR) is 149 cm³/mol. The van der Waals surface area contributed by atoms with Gasteiger partial charge in [0.15, 0.2) is 6.61 Å². The van der Waals surface area contributed by atoms with Gasteiger partial charge in [-0.15, -0.1) is 0 Å². The first-order valence-corrected chi connectivity index (χ1v) is 13.3.